The highest BCUT2D eigenvalue weighted by Gasteiger charge is 2.14. The molecule has 0 spiro atoms. The Bertz CT molecular complexity index is 1350. The Labute approximate surface area is 171 Å². The van der Waals surface area contributed by atoms with Crippen LogP contribution in [0, 0.1) is 6.92 Å². The normalized spacial score (nSPS) is 11.2. The summed E-state index contributed by atoms with van der Waals surface area (Å²) in [6, 6.07) is 20.3. The average Bonchev–Trinajstić information content (AvgIpc) is 3.35. The summed E-state index contributed by atoms with van der Waals surface area (Å²) in [4.78, 5) is 17.1. The molecule has 142 valence electrons. The number of rotatable bonds is 4. The number of aryl methyl sites for hydroxylation is 1. The van der Waals surface area contributed by atoms with E-state index in [1.54, 1.807) is 0 Å². The largest absolute Gasteiger partial charge is 0.356 e. The molecule has 0 saturated heterocycles. The molecule has 2 heterocycles. The molecule has 0 fully saturated rings. The van der Waals surface area contributed by atoms with E-state index in [1.807, 2.05) is 48.7 Å². The Morgan fingerprint density at radius 2 is 1.93 bits per heavy atom. The number of benzene rings is 3. The third-order valence-corrected chi connectivity index (χ3v) is 5.58. The smallest absolute Gasteiger partial charge is 0.232 e. The van der Waals surface area contributed by atoms with Crippen LogP contribution in [0.1, 0.15) is 11.3 Å². The van der Waals surface area contributed by atoms with Gasteiger partial charge in [0.1, 0.15) is 5.69 Å². The minimum Gasteiger partial charge on any atom is -0.356 e. The number of fused-ring (bicyclic) bond motifs is 2. The Balaban J connectivity index is 1.33. The van der Waals surface area contributed by atoms with E-state index < -0.39 is 0 Å². The lowest BCUT2D eigenvalue weighted by Gasteiger charge is -2.01. The molecule has 1 amide bonds. The average molecular weight is 399 g/mol. The SMILES string of the molecule is Cc1ccc2onc(CC(=O)Nc3nc(-c4ccc5ccccc5c4)cs3)c2c1. The van der Waals surface area contributed by atoms with Gasteiger partial charge < -0.3 is 9.84 Å². The van der Waals surface area contributed by atoms with E-state index in [-0.39, 0.29) is 12.3 Å². The topological polar surface area (TPSA) is 68.0 Å². The summed E-state index contributed by atoms with van der Waals surface area (Å²) in [5, 5.41) is 12.7. The van der Waals surface area contributed by atoms with Gasteiger partial charge in [0, 0.05) is 16.3 Å². The minimum atomic E-state index is -0.166. The fraction of sp³-hybridized carbons (Fsp3) is 0.0870. The first-order valence-electron chi connectivity index (χ1n) is 9.25. The summed E-state index contributed by atoms with van der Waals surface area (Å²) in [5.41, 5.74) is 4.29. The first-order chi connectivity index (χ1) is 14.2. The maximum Gasteiger partial charge on any atom is 0.232 e. The highest BCUT2D eigenvalue weighted by molar-refractivity contribution is 7.14. The number of amides is 1. The Kier molecular flexibility index (Phi) is 4.33. The first kappa shape index (κ1) is 17.6. The van der Waals surface area contributed by atoms with Gasteiger partial charge in [-0.2, -0.15) is 0 Å². The third-order valence-electron chi connectivity index (χ3n) is 4.82. The molecule has 29 heavy (non-hydrogen) atoms. The van der Waals surface area contributed by atoms with E-state index >= 15 is 0 Å². The van der Waals surface area contributed by atoms with Crippen molar-refractivity contribution < 1.29 is 9.32 Å². The zero-order valence-corrected chi connectivity index (χ0v) is 16.5. The van der Waals surface area contributed by atoms with Crippen molar-refractivity contribution in [1.82, 2.24) is 10.1 Å². The molecule has 0 bridgehead atoms. The monoisotopic (exact) mass is 399 g/mol. The van der Waals surface area contributed by atoms with Crippen molar-refractivity contribution in [3.8, 4) is 11.3 Å². The lowest BCUT2D eigenvalue weighted by Crippen LogP contribution is -2.14. The van der Waals surface area contributed by atoms with Crippen LogP contribution in [0.2, 0.25) is 0 Å². The van der Waals surface area contributed by atoms with Crippen molar-refractivity contribution in [3.63, 3.8) is 0 Å². The van der Waals surface area contributed by atoms with Crippen molar-refractivity contribution in [2.75, 3.05) is 5.32 Å². The highest BCUT2D eigenvalue weighted by atomic mass is 32.1. The Hall–Kier alpha value is -3.51. The molecule has 0 radical (unpaired) electrons. The number of carbonyl (C=O) groups is 1. The molecule has 0 aliphatic rings. The zero-order valence-electron chi connectivity index (χ0n) is 15.7. The number of hydrogen-bond donors (Lipinski definition) is 1. The van der Waals surface area contributed by atoms with E-state index in [9.17, 15) is 4.79 Å². The number of aromatic nitrogens is 2. The quantitative estimate of drug-likeness (QED) is 0.427. The van der Waals surface area contributed by atoms with Gasteiger partial charge in [0.2, 0.25) is 5.91 Å². The van der Waals surface area contributed by atoms with E-state index in [0.717, 1.165) is 27.6 Å². The molecule has 0 aliphatic carbocycles. The molecule has 0 saturated carbocycles. The second-order valence-electron chi connectivity index (χ2n) is 6.95. The van der Waals surface area contributed by atoms with Crippen molar-refractivity contribution >= 4 is 44.1 Å². The van der Waals surface area contributed by atoms with Crippen LogP contribution >= 0.6 is 11.3 Å². The molecule has 5 nitrogen and oxygen atoms in total. The lowest BCUT2D eigenvalue weighted by atomic mass is 10.1. The van der Waals surface area contributed by atoms with Crippen LogP contribution in [0.25, 0.3) is 33.0 Å². The lowest BCUT2D eigenvalue weighted by molar-refractivity contribution is -0.115. The molecule has 1 N–H and O–H groups in total. The molecule has 5 aromatic rings. The number of carbonyl (C=O) groups excluding carboxylic acids is 1. The Morgan fingerprint density at radius 1 is 1.07 bits per heavy atom. The van der Waals surface area contributed by atoms with Gasteiger partial charge in [0.25, 0.3) is 0 Å². The van der Waals surface area contributed by atoms with Crippen LogP contribution < -0.4 is 5.32 Å². The second kappa shape index (κ2) is 7.14. The maximum absolute atomic E-state index is 12.5. The van der Waals surface area contributed by atoms with Gasteiger partial charge in [-0.1, -0.05) is 53.2 Å². The minimum absolute atomic E-state index is 0.140. The van der Waals surface area contributed by atoms with Crippen LogP contribution in [-0.4, -0.2) is 16.0 Å². The number of thiazole rings is 1. The number of anilines is 1. The second-order valence-corrected chi connectivity index (χ2v) is 7.81. The molecule has 2 aromatic heterocycles. The van der Waals surface area contributed by atoms with E-state index in [4.69, 9.17) is 4.52 Å². The van der Waals surface area contributed by atoms with Crippen molar-refractivity contribution in [1.29, 1.82) is 0 Å². The summed E-state index contributed by atoms with van der Waals surface area (Å²) in [6.45, 7) is 2.00. The van der Waals surface area contributed by atoms with Gasteiger partial charge in [-0.15, -0.1) is 11.3 Å². The summed E-state index contributed by atoms with van der Waals surface area (Å²) in [6.07, 6.45) is 0.140. The fourth-order valence-corrected chi connectivity index (χ4v) is 4.09. The molecule has 3 aromatic carbocycles. The molecular formula is C23H17N3O2S. The van der Waals surface area contributed by atoms with Gasteiger partial charge in [0.15, 0.2) is 10.7 Å². The summed E-state index contributed by atoms with van der Waals surface area (Å²) in [7, 11) is 0. The molecule has 0 unspecified atom stereocenters. The standard InChI is InChI=1S/C23H17N3O2S/c1-14-6-9-21-18(10-14)19(26-28-21)12-22(27)25-23-24-20(13-29-23)17-8-7-15-4-2-3-5-16(15)11-17/h2-11,13H,12H2,1H3,(H,24,25,27). The molecule has 6 heteroatoms. The zero-order chi connectivity index (χ0) is 19.8. The van der Waals surface area contributed by atoms with E-state index in [1.165, 1.54) is 16.7 Å². The molecular weight excluding hydrogens is 382 g/mol. The number of hydrogen-bond acceptors (Lipinski definition) is 5. The number of nitrogens with one attached hydrogen (secondary N) is 1. The van der Waals surface area contributed by atoms with Gasteiger partial charge >= 0.3 is 0 Å². The summed E-state index contributed by atoms with van der Waals surface area (Å²) < 4.78 is 5.31. The third kappa shape index (κ3) is 3.50. The Morgan fingerprint density at radius 3 is 2.83 bits per heavy atom. The van der Waals surface area contributed by atoms with Gasteiger partial charge in [0.05, 0.1) is 12.1 Å². The number of nitrogens with zero attached hydrogens (tertiary/aromatic N) is 2. The summed E-state index contributed by atoms with van der Waals surface area (Å²) in [5.74, 6) is -0.166. The molecule has 0 atom stereocenters. The van der Waals surface area contributed by atoms with Crippen molar-refractivity contribution in [2.45, 2.75) is 13.3 Å². The van der Waals surface area contributed by atoms with E-state index in [0.29, 0.717) is 16.4 Å². The van der Waals surface area contributed by atoms with Crippen molar-refractivity contribution in [3.05, 3.63) is 77.3 Å². The maximum atomic E-state index is 12.5. The first-order valence-corrected chi connectivity index (χ1v) is 10.1. The van der Waals surface area contributed by atoms with Crippen LogP contribution in [0.3, 0.4) is 0 Å². The summed E-state index contributed by atoms with van der Waals surface area (Å²) >= 11 is 1.41. The highest BCUT2D eigenvalue weighted by Crippen LogP contribution is 2.28. The molecule has 5 rings (SSSR count). The molecule has 0 aliphatic heterocycles. The van der Waals surface area contributed by atoms with E-state index in [2.05, 4.69) is 39.7 Å². The van der Waals surface area contributed by atoms with Gasteiger partial charge in [-0.25, -0.2) is 4.98 Å². The van der Waals surface area contributed by atoms with Crippen LogP contribution in [0.15, 0.2) is 70.6 Å². The van der Waals surface area contributed by atoms with Gasteiger partial charge in [-0.05, 0) is 35.9 Å². The van der Waals surface area contributed by atoms with Gasteiger partial charge in [-0.3, -0.25) is 4.79 Å². The predicted molar refractivity (Wildman–Crippen MR) is 116 cm³/mol. The van der Waals surface area contributed by atoms with Crippen LogP contribution in [0.4, 0.5) is 5.13 Å². The van der Waals surface area contributed by atoms with Crippen LogP contribution in [0.5, 0.6) is 0 Å². The fourth-order valence-electron chi connectivity index (χ4n) is 3.36. The van der Waals surface area contributed by atoms with Crippen molar-refractivity contribution in [2.24, 2.45) is 0 Å². The predicted octanol–water partition coefficient (Wildman–Crippen LogP) is 5.59. The van der Waals surface area contributed by atoms with Crippen LogP contribution in [-0.2, 0) is 11.2 Å².